The molecule has 0 radical (unpaired) electrons. The molecule has 0 spiro atoms. The molecule has 1 atom stereocenters. The summed E-state index contributed by atoms with van der Waals surface area (Å²) < 4.78 is 32.2. The van der Waals surface area contributed by atoms with E-state index in [2.05, 4.69) is 0 Å². The summed E-state index contributed by atoms with van der Waals surface area (Å²) in [7, 11) is -2.10. The van der Waals surface area contributed by atoms with E-state index in [-0.39, 0.29) is 21.0 Å². The van der Waals surface area contributed by atoms with Gasteiger partial charge in [-0.25, -0.2) is 8.42 Å². The Kier molecular flexibility index (Phi) is 5.21. The molecule has 0 aromatic heterocycles. The van der Waals surface area contributed by atoms with E-state index in [1.165, 1.54) is 16.4 Å². The molecule has 0 amide bonds. The topological polar surface area (TPSA) is 72.6 Å². The predicted octanol–water partition coefficient (Wildman–Crippen LogP) is 1.77. The minimum absolute atomic E-state index is 0.0335. The van der Waals surface area contributed by atoms with Crippen LogP contribution in [0.5, 0.6) is 0 Å². The molecule has 116 valence electrons. The van der Waals surface area contributed by atoms with Gasteiger partial charge in [-0.3, -0.25) is 0 Å². The number of methoxy groups -OCH3 is 1. The molecule has 2 N–H and O–H groups in total. The van der Waals surface area contributed by atoms with Gasteiger partial charge in [0, 0.05) is 25.8 Å². The first-order valence-corrected chi connectivity index (χ1v) is 8.71. The zero-order chi connectivity index (χ0) is 15.6. The van der Waals surface area contributed by atoms with Crippen LogP contribution in [0.3, 0.4) is 0 Å². The van der Waals surface area contributed by atoms with E-state index >= 15 is 0 Å². The lowest BCUT2D eigenvalue weighted by Gasteiger charge is -2.31. The number of rotatable bonds is 4. The summed E-state index contributed by atoms with van der Waals surface area (Å²) in [5, 5.41) is 0.162. The highest BCUT2D eigenvalue weighted by molar-refractivity contribution is 7.89. The van der Waals surface area contributed by atoms with Crippen molar-refractivity contribution in [2.24, 2.45) is 5.73 Å². The van der Waals surface area contributed by atoms with Crippen LogP contribution in [-0.2, 0) is 14.8 Å². The van der Waals surface area contributed by atoms with E-state index in [1.807, 2.05) is 0 Å². The summed E-state index contributed by atoms with van der Waals surface area (Å²) in [6.45, 7) is 0.780. The fraction of sp³-hybridized carbons (Fsp3) is 0.462. The average Bonchev–Trinajstić information content (AvgIpc) is 2.47. The van der Waals surface area contributed by atoms with E-state index in [9.17, 15) is 8.42 Å². The SMILES string of the molecule is COC1CCCN(S(=O)(=O)c2cc(C(N)=S)ccc2Cl)C1. The Labute approximate surface area is 135 Å². The van der Waals surface area contributed by atoms with Crippen molar-refractivity contribution in [1.82, 2.24) is 4.31 Å². The lowest BCUT2D eigenvalue weighted by Crippen LogP contribution is -2.42. The van der Waals surface area contributed by atoms with Crippen LogP contribution in [0.4, 0.5) is 0 Å². The summed E-state index contributed by atoms with van der Waals surface area (Å²) in [4.78, 5) is 0.169. The number of nitrogens with two attached hydrogens (primary N) is 1. The minimum atomic E-state index is -3.69. The van der Waals surface area contributed by atoms with Crippen LogP contribution in [0.25, 0.3) is 0 Å². The Morgan fingerprint density at radius 1 is 1.52 bits per heavy atom. The Balaban J connectivity index is 2.39. The molecule has 0 saturated carbocycles. The van der Waals surface area contributed by atoms with Crippen LogP contribution >= 0.6 is 23.8 Å². The van der Waals surface area contributed by atoms with Gasteiger partial charge in [0.1, 0.15) is 9.88 Å². The van der Waals surface area contributed by atoms with Crippen LogP contribution in [0.2, 0.25) is 5.02 Å². The van der Waals surface area contributed by atoms with Gasteiger partial charge in [-0.05, 0) is 25.0 Å². The first kappa shape index (κ1) is 16.6. The molecule has 0 aliphatic carbocycles. The lowest BCUT2D eigenvalue weighted by atomic mass is 10.1. The maximum Gasteiger partial charge on any atom is 0.244 e. The van der Waals surface area contributed by atoms with Crippen LogP contribution in [-0.4, -0.2) is 44.0 Å². The maximum absolute atomic E-state index is 12.7. The number of nitrogens with zero attached hydrogens (tertiary/aromatic N) is 1. The largest absolute Gasteiger partial charge is 0.389 e. The van der Waals surface area contributed by atoms with E-state index in [0.717, 1.165) is 12.8 Å². The summed E-state index contributed by atoms with van der Waals surface area (Å²) in [5.41, 5.74) is 6.04. The molecule has 5 nitrogen and oxygen atoms in total. The van der Waals surface area contributed by atoms with Gasteiger partial charge in [-0.2, -0.15) is 4.31 Å². The van der Waals surface area contributed by atoms with Crippen molar-refractivity contribution in [3.05, 3.63) is 28.8 Å². The van der Waals surface area contributed by atoms with Crippen molar-refractivity contribution in [1.29, 1.82) is 0 Å². The lowest BCUT2D eigenvalue weighted by molar-refractivity contribution is 0.0572. The number of benzene rings is 1. The number of hydrogen-bond donors (Lipinski definition) is 1. The van der Waals surface area contributed by atoms with Gasteiger partial charge in [-0.15, -0.1) is 0 Å². The Bertz CT molecular complexity index is 649. The monoisotopic (exact) mass is 348 g/mol. The summed E-state index contributed by atoms with van der Waals surface area (Å²) >= 11 is 10.9. The molecular weight excluding hydrogens is 332 g/mol. The molecule has 1 aromatic carbocycles. The van der Waals surface area contributed by atoms with Crippen molar-refractivity contribution in [2.45, 2.75) is 23.8 Å². The van der Waals surface area contributed by atoms with Gasteiger partial charge in [0.2, 0.25) is 10.0 Å². The van der Waals surface area contributed by atoms with E-state index < -0.39 is 10.0 Å². The summed E-state index contributed by atoms with van der Waals surface area (Å²) in [5.74, 6) is 0. The van der Waals surface area contributed by atoms with E-state index in [4.69, 9.17) is 34.3 Å². The molecule has 21 heavy (non-hydrogen) atoms. The molecule has 8 heteroatoms. The van der Waals surface area contributed by atoms with Crippen LogP contribution in [0.15, 0.2) is 23.1 Å². The van der Waals surface area contributed by atoms with E-state index in [1.54, 1.807) is 13.2 Å². The zero-order valence-electron chi connectivity index (χ0n) is 11.6. The maximum atomic E-state index is 12.7. The van der Waals surface area contributed by atoms with Crippen molar-refractivity contribution in [3.63, 3.8) is 0 Å². The Hall–Kier alpha value is -0.730. The minimum Gasteiger partial charge on any atom is -0.389 e. The Morgan fingerprint density at radius 2 is 2.24 bits per heavy atom. The molecule has 1 unspecified atom stereocenters. The fourth-order valence-electron chi connectivity index (χ4n) is 2.31. The smallest absolute Gasteiger partial charge is 0.244 e. The van der Waals surface area contributed by atoms with Crippen molar-refractivity contribution in [2.75, 3.05) is 20.2 Å². The van der Waals surface area contributed by atoms with Gasteiger partial charge in [-0.1, -0.05) is 29.9 Å². The van der Waals surface area contributed by atoms with Gasteiger partial charge in [0.05, 0.1) is 11.1 Å². The standard InChI is InChI=1S/C13H17ClN2O3S2/c1-19-10-3-2-6-16(8-10)21(17,18)12-7-9(13(15)20)4-5-11(12)14/h4-5,7,10H,2-3,6,8H2,1H3,(H2,15,20). The average molecular weight is 349 g/mol. The number of sulfonamides is 1. The van der Waals surface area contributed by atoms with Crippen LogP contribution < -0.4 is 5.73 Å². The third-order valence-corrected chi connectivity index (χ3v) is 6.09. The summed E-state index contributed by atoms with van der Waals surface area (Å²) in [6, 6.07) is 4.54. The first-order chi connectivity index (χ1) is 9.86. The quantitative estimate of drug-likeness (QED) is 0.839. The highest BCUT2D eigenvalue weighted by Crippen LogP contribution is 2.28. The molecule has 1 aromatic rings. The second-order valence-corrected chi connectivity index (χ2v) is 7.63. The molecule has 2 rings (SSSR count). The van der Waals surface area contributed by atoms with Gasteiger partial charge < -0.3 is 10.5 Å². The summed E-state index contributed by atoms with van der Waals surface area (Å²) in [6.07, 6.45) is 1.51. The van der Waals surface area contributed by atoms with Gasteiger partial charge in [0.25, 0.3) is 0 Å². The highest BCUT2D eigenvalue weighted by atomic mass is 35.5. The normalized spacial score (nSPS) is 20.4. The molecule has 1 saturated heterocycles. The second kappa shape index (κ2) is 6.58. The van der Waals surface area contributed by atoms with Crippen molar-refractivity contribution >= 4 is 38.8 Å². The molecule has 1 heterocycles. The number of ether oxygens (including phenoxy) is 1. The molecule has 0 bridgehead atoms. The second-order valence-electron chi connectivity index (χ2n) is 4.87. The van der Waals surface area contributed by atoms with Gasteiger partial charge >= 0.3 is 0 Å². The molecule has 1 aliphatic rings. The van der Waals surface area contributed by atoms with Crippen molar-refractivity contribution in [3.8, 4) is 0 Å². The zero-order valence-corrected chi connectivity index (χ0v) is 14.0. The van der Waals surface area contributed by atoms with E-state index in [0.29, 0.717) is 18.7 Å². The molecular formula is C13H17ClN2O3S2. The predicted molar refractivity (Wildman–Crippen MR) is 86.1 cm³/mol. The number of hydrogen-bond acceptors (Lipinski definition) is 4. The molecule has 1 aliphatic heterocycles. The fourth-order valence-corrected chi connectivity index (χ4v) is 4.45. The molecule has 1 fully saturated rings. The third-order valence-electron chi connectivity index (χ3n) is 3.51. The van der Waals surface area contributed by atoms with Crippen molar-refractivity contribution < 1.29 is 13.2 Å². The Morgan fingerprint density at radius 3 is 2.86 bits per heavy atom. The van der Waals surface area contributed by atoms with Crippen LogP contribution in [0.1, 0.15) is 18.4 Å². The van der Waals surface area contributed by atoms with Gasteiger partial charge in [0.15, 0.2) is 0 Å². The third kappa shape index (κ3) is 3.54. The van der Waals surface area contributed by atoms with Crippen LogP contribution in [0, 0.1) is 0 Å². The number of piperidine rings is 1. The highest BCUT2D eigenvalue weighted by Gasteiger charge is 2.31. The first-order valence-electron chi connectivity index (χ1n) is 6.48. The number of halogens is 1. The number of thiocarbonyl (C=S) groups is 1.